The Morgan fingerprint density at radius 2 is 1.83 bits per heavy atom. The molecule has 3 aromatic rings. The van der Waals surface area contributed by atoms with Crippen LogP contribution in [0.25, 0.3) is 0 Å². The summed E-state index contributed by atoms with van der Waals surface area (Å²) in [7, 11) is 0. The highest BCUT2D eigenvalue weighted by molar-refractivity contribution is 5.92. The molecule has 1 N–H and O–H groups in total. The summed E-state index contributed by atoms with van der Waals surface area (Å²) in [4.78, 5) is 11.7. The van der Waals surface area contributed by atoms with Gasteiger partial charge < -0.3 is 9.15 Å². The van der Waals surface area contributed by atoms with Crippen LogP contribution in [0.2, 0.25) is 0 Å². The van der Waals surface area contributed by atoms with E-state index < -0.39 is 5.91 Å². The molecule has 0 saturated heterocycles. The van der Waals surface area contributed by atoms with Crippen molar-refractivity contribution >= 4 is 12.1 Å². The Balaban J connectivity index is 1.63. The van der Waals surface area contributed by atoms with Crippen molar-refractivity contribution in [1.29, 1.82) is 0 Å². The first-order valence-electron chi connectivity index (χ1n) is 7.01. The van der Waals surface area contributed by atoms with Gasteiger partial charge in [0.25, 0.3) is 0 Å². The number of furan rings is 1. The number of nitrogens with zero attached hydrogens (tertiary/aromatic N) is 1. The van der Waals surface area contributed by atoms with Crippen molar-refractivity contribution < 1.29 is 13.9 Å². The zero-order valence-electron chi connectivity index (χ0n) is 12.2. The molecular weight excluding hydrogens is 292 g/mol. The van der Waals surface area contributed by atoms with E-state index in [9.17, 15) is 4.79 Å². The molecule has 5 nitrogen and oxygen atoms in total. The molecule has 1 heterocycles. The van der Waals surface area contributed by atoms with Crippen LogP contribution in [0, 0.1) is 0 Å². The van der Waals surface area contributed by atoms with Gasteiger partial charge in [-0.1, -0.05) is 30.3 Å². The van der Waals surface area contributed by atoms with Gasteiger partial charge in [-0.15, -0.1) is 0 Å². The van der Waals surface area contributed by atoms with Crippen molar-refractivity contribution in [3.05, 3.63) is 84.3 Å². The summed E-state index contributed by atoms with van der Waals surface area (Å²) in [5, 5.41) is 3.91. The fourth-order valence-electron chi connectivity index (χ4n) is 1.91. The Labute approximate surface area is 133 Å². The average Bonchev–Trinajstić information content (AvgIpc) is 3.11. The first-order chi connectivity index (χ1) is 11.3. The second-order valence-corrected chi connectivity index (χ2v) is 4.66. The molecule has 3 rings (SSSR count). The van der Waals surface area contributed by atoms with Crippen LogP contribution in [-0.2, 0) is 0 Å². The number of hydrazone groups is 1. The van der Waals surface area contributed by atoms with Gasteiger partial charge >= 0.3 is 5.91 Å². The number of amides is 1. The van der Waals surface area contributed by atoms with Crippen molar-refractivity contribution in [2.75, 3.05) is 0 Å². The highest BCUT2D eigenvalue weighted by Gasteiger charge is 2.05. The summed E-state index contributed by atoms with van der Waals surface area (Å²) >= 11 is 0. The van der Waals surface area contributed by atoms with E-state index in [2.05, 4.69) is 10.5 Å². The number of rotatable bonds is 5. The van der Waals surface area contributed by atoms with Gasteiger partial charge in [-0.2, -0.15) is 5.10 Å². The smallest absolute Gasteiger partial charge is 0.307 e. The summed E-state index contributed by atoms with van der Waals surface area (Å²) in [6.45, 7) is 0. The van der Waals surface area contributed by atoms with Crippen LogP contribution in [0.3, 0.4) is 0 Å². The van der Waals surface area contributed by atoms with Gasteiger partial charge in [0.2, 0.25) is 0 Å². The number of hydrogen-bond donors (Lipinski definition) is 1. The number of ether oxygens (including phenoxy) is 1. The fourth-order valence-corrected chi connectivity index (χ4v) is 1.91. The molecule has 0 fully saturated rings. The van der Waals surface area contributed by atoms with Gasteiger partial charge in [0.1, 0.15) is 11.5 Å². The fraction of sp³-hybridized carbons (Fsp3) is 0. The normalized spacial score (nSPS) is 10.6. The third-order valence-corrected chi connectivity index (χ3v) is 2.96. The molecule has 1 amide bonds. The van der Waals surface area contributed by atoms with Crippen molar-refractivity contribution in [2.24, 2.45) is 5.10 Å². The van der Waals surface area contributed by atoms with Crippen LogP contribution in [0.15, 0.2) is 82.5 Å². The van der Waals surface area contributed by atoms with Crippen LogP contribution in [0.1, 0.15) is 16.1 Å². The number of para-hydroxylation sites is 1. The molecule has 0 spiro atoms. The minimum absolute atomic E-state index is 0.211. The van der Waals surface area contributed by atoms with Crippen molar-refractivity contribution in [3.8, 4) is 11.5 Å². The highest BCUT2D eigenvalue weighted by Crippen LogP contribution is 2.21. The van der Waals surface area contributed by atoms with Crippen LogP contribution in [0.4, 0.5) is 0 Å². The lowest BCUT2D eigenvalue weighted by Gasteiger charge is -2.05. The Morgan fingerprint density at radius 1 is 1.00 bits per heavy atom. The number of carbonyl (C=O) groups excluding carboxylic acids is 1. The minimum Gasteiger partial charge on any atom is -0.459 e. The van der Waals surface area contributed by atoms with Gasteiger partial charge in [0, 0.05) is 0 Å². The molecule has 0 atom stereocenters. The second-order valence-electron chi connectivity index (χ2n) is 4.66. The predicted octanol–water partition coefficient (Wildman–Crippen LogP) is 3.84. The van der Waals surface area contributed by atoms with E-state index in [-0.39, 0.29) is 5.76 Å². The maximum Gasteiger partial charge on any atom is 0.307 e. The van der Waals surface area contributed by atoms with E-state index in [1.807, 2.05) is 54.6 Å². The summed E-state index contributed by atoms with van der Waals surface area (Å²) in [5.74, 6) is 1.26. The molecule has 0 bridgehead atoms. The van der Waals surface area contributed by atoms with Gasteiger partial charge in [-0.3, -0.25) is 4.79 Å². The number of hydrogen-bond acceptors (Lipinski definition) is 4. The zero-order chi connectivity index (χ0) is 15.9. The van der Waals surface area contributed by atoms with Crippen molar-refractivity contribution in [3.63, 3.8) is 0 Å². The van der Waals surface area contributed by atoms with Gasteiger partial charge in [-0.05, 0) is 42.0 Å². The lowest BCUT2D eigenvalue weighted by Crippen LogP contribution is -2.16. The summed E-state index contributed by atoms with van der Waals surface area (Å²) in [5.41, 5.74) is 3.20. The van der Waals surface area contributed by atoms with Crippen LogP contribution in [-0.4, -0.2) is 12.1 Å². The van der Waals surface area contributed by atoms with Gasteiger partial charge in [-0.25, -0.2) is 5.43 Å². The third-order valence-electron chi connectivity index (χ3n) is 2.96. The van der Waals surface area contributed by atoms with Gasteiger partial charge in [0.05, 0.1) is 12.5 Å². The van der Waals surface area contributed by atoms with Crippen molar-refractivity contribution in [1.82, 2.24) is 5.43 Å². The summed E-state index contributed by atoms with van der Waals surface area (Å²) < 4.78 is 10.7. The Kier molecular flexibility index (Phi) is 4.49. The zero-order valence-corrected chi connectivity index (χ0v) is 12.2. The Morgan fingerprint density at radius 3 is 2.61 bits per heavy atom. The largest absolute Gasteiger partial charge is 0.459 e. The molecule has 0 radical (unpaired) electrons. The highest BCUT2D eigenvalue weighted by atomic mass is 16.5. The monoisotopic (exact) mass is 306 g/mol. The Hall–Kier alpha value is -3.34. The summed E-state index contributed by atoms with van der Waals surface area (Å²) in [6.07, 6.45) is 2.97. The quantitative estimate of drug-likeness (QED) is 0.575. The molecule has 23 heavy (non-hydrogen) atoms. The Bertz CT molecular complexity index is 796. The van der Waals surface area contributed by atoms with Gasteiger partial charge in [0.15, 0.2) is 5.76 Å². The van der Waals surface area contributed by atoms with Crippen molar-refractivity contribution in [2.45, 2.75) is 0 Å². The van der Waals surface area contributed by atoms with Crippen LogP contribution in [0.5, 0.6) is 11.5 Å². The minimum atomic E-state index is -0.400. The average molecular weight is 306 g/mol. The standard InChI is InChI=1S/C18H14N2O3/c21-18(17-10-5-11-22-17)20-19-13-14-6-4-9-16(12-14)23-15-7-2-1-3-8-15/h1-13H,(H,20,21). The van der Waals surface area contributed by atoms with Crippen LogP contribution >= 0.6 is 0 Å². The van der Waals surface area contributed by atoms with E-state index in [1.165, 1.54) is 6.26 Å². The molecule has 2 aromatic carbocycles. The molecule has 0 unspecified atom stereocenters. The third kappa shape index (κ3) is 4.07. The van der Waals surface area contributed by atoms with E-state index >= 15 is 0 Å². The van der Waals surface area contributed by atoms with E-state index in [0.717, 1.165) is 11.3 Å². The molecule has 114 valence electrons. The molecular formula is C18H14N2O3. The second kappa shape index (κ2) is 7.09. The predicted molar refractivity (Wildman–Crippen MR) is 86.7 cm³/mol. The van der Waals surface area contributed by atoms with E-state index in [1.54, 1.807) is 18.3 Å². The molecule has 0 aliphatic rings. The molecule has 0 saturated carbocycles. The molecule has 0 aliphatic carbocycles. The van der Waals surface area contributed by atoms with Crippen LogP contribution < -0.4 is 10.2 Å². The maximum absolute atomic E-state index is 11.7. The maximum atomic E-state index is 11.7. The SMILES string of the molecule is O=C(NN=Cc1cccc(Oc2ccccc2)c1)c1ccco1. The number of carbonyl (C=O) groups is 1. The topological polar surface area (TPSA) is 63.8 Å². The summed E-state index contributed by atoms with van der Waals surface area (Å²) in [6, 6.07) is 20.1. The van der Waals surface area contributed by atoms with E-state index in [0.29, 0.717) is 5.75 Å². The molecule has 1 aromatic heterocycles. The first kappa shape index (κ1) is 14.6. The molecule has 5 heteroatoms. The number of benzene rings is 2. The lowest BCUT2D eigenvalue weighted by atomic mass is 10.2. The lowest BCUT2D eigenvalue weighted by molar-refractivity contribution is 0.0927. The number of nitrogens with one attached hydrogen (secondary N) is 1. The van der Waals surface area contributed by atoms with E-state index in [4.69, 9.17) is 9.15 Å². The molecule has 0 aliphatic heterocycles. The first-order valence-corrected chi connectivity index (χ1v) is 7.01.